The Kier molecular flexibility index (Phi) is 23.4. The highest BCUT2D eigenvalue weighted by Crippen LogP contribution is 2.56. The predicted molar refractivity (Wildman–Crippen MR) is 307 cm³/mol. The minimum absolute atomic E-state index is 0.00751. The van der Waals surface area contributed by atoms with Crippen molar-refractivity contribution in [1.82, 2.24) is 0 Å². The number of carbonyl (C=O) groups is 3. The zero-order chi connectivity index (χ0) is 55.1. The van der Waals surface area contributed by atoms with E-state index in [4.69, 9.17) is 14.2 Å². The lowest BCUT2D eigenvalue weighted by atomic mass is 9.80. The predicted octanol–water partition coefficient (Wildman–Crippen LogP) is 15.1. The van der Waals surface area contributed by atoms with E-state index in [9.17, 15) is 29.7 Å². The minimum atomic E-state index is -0.335. The molecule has 0 spiro atoms. The molecule has 0 aliphatic heterocycles. The number of ether oxygens (including phenoxy) is 3. The molecule has 5 unspecified atom stereocenters. The van der Waals surface area contributed by atoms with Crippen LogP contribution < -0.4 is 0 Å². The molecule has 5 atom stereocenters. The molecule has 0 amide bonds. The zero-order valence-electron chi connectivity index (χ0n) is 48.5. The molecule has 0 saturated heterocycles. The van der Waals surface area contributed by atoms with Gasteiger partial charge in [0.25, 0.3) is 0 Å². The molecule has 75 heavy (non-hydrogen) atoms. The number of hydrogen-bond acceptors (Lipinski definition) is 10. The first-order valence-electron chi connectivity index (χ1n) is 29.1. The molecule has 2 aliphatic rings. The van der Waals surface area contributed by atoms with Crippen LogP contribution in [-0.4, -0.2) is 64.1 Å². The molecule has 0 heterocycles. The van der Waals surface area contributed by atoms with Crippen molar-refractivity contribution in [3.05, 3.63) is 86.5 Å². The van der Waals surface area contributed by atoms with E-state index in [0.29, 0.717) is 5.75 Å². The van der Waals surface area contributed by atoms with E-state index in [-0.39, 0.29) is 119 Å². The van der Waals surface area contributed by atoms with E-state index in [1.54, 1.807) is 30.0 Å². The number of unbranched alkanes of at least 4 members (excludes halogenated alkanes) is 9. The summed E-state index contributed by atoms with van der Waals surface area (Å²) < 4.78 is 18.3. The van der Waals surface area contributed by atoms with Crippen LogP contribution >= 0.6 is 11.8 Å². The highest BCUT2D eigenvalue weighted by molar-refractivity contribution is 7.99. The highest BCUT2D eigenvalue weighted by atomic mass is 32.2. The third-order valence-electron chi connectivity index (χ3n) is 16.1. The second-order valence-electron chi connectivity index (χ2n) is 25.3. The van der Waals surface area contributed by atoms with Gasteiger partial charge in [-0.15, -0.1) is 0 Å². The number of benzene rings is 3. The molecule has 5 rings (SSSR count). The van der Waals surface area contributed by atoms with Gasteiger partial charge in [-0.2, -0.15) is 11.8 Å². The molecule has 2 saturated carbocycles. The maximum atomic E-state index is 13.9. The summed E-state index contributed by atoms with van der Waals surface area (Å²) in [5.41, 5.74) is 7.61. The van der Waals surface area contributed by atoms with Crippen molar-refractivity contribution < 1.29 is 43.9 Å². The molecule has 9 nitrogen and oxygen atoms in total. The first-order valence-corrected chi connectivity index (χ1v) is 30.1. The maximum Gasteiger partial charge on any atom is 0.310 e. The first-order chi connectivity index (χ1) is 35.4. The number of rotatable bonds is 29. The summed E-state index contributed by atoms with van der Waals surface area (Å²) in [7, 11) is 0. The Morgan fingerprint density at radius 1 is 0.480 bits per heavy atom. The van der Waals surface area contributed by atoms with E-state index in [2.05, 4.69) is 101 Å². The standard InChI is InChI=1S/C65H98O9S/c1-13-16-19-22-25-43-31-53(63(4,5)6)56(66)34-46(43)38-60(69)72-28-29-75-59-37-49-30-50(59)52(42-74-62(71)40-48-36-58(68)55(65(10,11)12)33-45(48)27-24-21-18-15-3)51(49)41-73-61(70)39-47-35-57(67)54(64(7,8)9)32-44(47)26-23-20-17-14-2/h31-36,49-52,59,66-68H,13-30,37-42H2,1-12H3. The van der Waals surface area contributed by atoms with Gasteiger partial charge in [-0.25, -0.2) is 0 Å². The van der Waals surface area contributed by atoms with Gasteiger partial charge < -0.3 is 29.5 Å². The number of aromatic hydroxyl groups is 3. The van der Waals surface area contributed by atoms with Gasteiger partial charge in [0.2, 0.25) is 0 Å². The third kappa shape index (κ3) is 18.2. The monoisotopic (exact) mass is 1050 g/mol. The summed E-state index contributed by atoms with van der Waals surface area (Å²) in [5.74, 6) is 0.737. The molecule has 0 radical (unpaired) electrons. The minimum Gasteiger partial charge on any atom is -0.508 e. The van der Waals surface area contributed by atoms with Gasteiger partial charge >= 0.3 is 17.9 Å². The summed E-state index contributed by atoms with van der Waals surface area (Å²) in [6.07, 6.45) is 17.9. The molecule has 3 aromatic rings. The summed E-state index contributed by atoms with van der Waals surface area (Å²) in [6, 6.07) is 11.6. The average molecular weight is 1060 g/mol. The summed E-state index contributed by atoms with van der Waals surface area (Å²) in [4.78, 5) is 41.1. The van der Waals surface area contributed by atoms with Crippen LogP contribution in [0.4, 0.5) is 0 Å². The van der Waals surface area contributed by atoms with Crippen molar-refractivity contribution in [3.63, 3.8) is 0 Å². The normalized spacial score (nSPS) is 18.6. The Bertz CT molecular complexity index is 2330. The molecule has 2 bridgehead atoms. The highest BCUT2D eigenvalue weighted by Gasteiger charge is 2.53. The Morgan fingerprint density at radius 3 is 1.20 bits per heavy atom. The first kappa shape index (κ1) is 61.7. The number of phenols is 3. The van der Waals surface area contributed by atoms with Crippen molar-refractivity contribution in [2.45, 2.75) is 233 Å². The lowest BCUT2D eigenvalue weighted by molar-refractivity contribution is -0.149. The SMILES string of the molecule is CCCCCCc1cc(C(C)(C)C)c(O)cc1CC(=O)OCCSC1CC2CC1C(COC(=O)Cc1cc(O)c(C(C)(C)C)cc1CCCCCC)C2COC(=O)Cc1cc(O)c(C(C)(C)C)cc1CCCCCC. The third-order valence-corrected chi connectivity index (χ3v) is 17.5. The van der Waals surface area contributed by atoms with Crippen molar-refractivity contribution >= 4 is 29.7 Å². The molecular weight excluding hydrogens is 957 g/mol. The van der Waals surface area contributed by atoms with Crippen LogP contribution in [0.25, 0.3) is 0 Å². The quantitative estimate of drug-likeness (QED) is 0.0350. The maximum absolute atomic E-state index is 13.9. The van der Waals surface area contributed by atoms with Gasteiger partial charge in [0.1, 0.15) is 23.9 Å². The van der Waals surface area contributed by atoms with Gasteiger partial charge in [-0.05, 0) is 148 Å². The lowest BCUT2D eigenvalue weighted by Crippen LogP contribution is -2.37. The second kappa shape index (κ2) is 28.4. The number of esters is 3. The van der Waals surface area contributed by atoms with E-state index >= 15 is 0 Å². The molecule has 2 fully saturated rings. The van der Waals surface area contributed by atoms with Crippen molar-refractivity contribution in [2.24, 2.45) is 23.7 Å². The summed E-state index contributed by atoms with van der Waals surface area (Å²) >= 11 is 1.81. The Labute approximate surface area is 457 Å². The van der Waals surface area contributed by atoms with E-state index < -0.39 is 0 Å². The largest absolute Gasteiger partial charge is 0.508 e. The topological polar surface area (TPSA) is 140 Å². The fourth-order valence-electron chi connectivity index (χ4n) is 11.8. The molecule has 2 aliphatic carbocycles. The van der Waals surface area contributed by atoms with Crippen LogP contribution in [0.2, 0.25) is 0 Å². The summed E-state index contributed by atoms with van der Waals surface area (Å²) in [5, 5.41) is 33.6. The number of fused-ring (bicyclic) bond motifs is 2. The average Bonchev–Trinajstić information content (AvgIpc) is 3.89. The molecular formula is C65H98O9S. The number of phenolic OH excluding ortho intramolecular Hbond substituents is 3. The molecule has 10 heteroatoms. The zero-order valence-corrected chi connectivity index (χ0v) is 49.3. The van der Waals surface area contributed by atoms with Crippen LogP contribution in [0.15, 0.2) is 36.4 Å². The van der Waals surface area contributed by atoms with Crippen LogP contribution in [0.3, 0.4) is 0 Å². The molecule has 418 valence electrons. The molecule has 3 N–H and O–H groups in total. The van der Waals surface area contributed by atoms with Crippen LogP contribution in [0.5, 0.6) is 17.2 Å². The fourth-order valence-corrected chi connectivity index (χ4v) is 13.3. The van der Waals surface area contributed by atoms with E-state index in [1.807, 2.05) is 0 Å². The summed E-state index contributed by atoms with van der Waals surface area (Å²) in [6.45, 7) is 26.1. The van der Waals surface area contributed by atoms with Crippen molar-refractivity contribution in [1.29, 1.82) is 0 Å². The second-order valence-corrected chi connectivity index (χ2v) is 26.7. The Balaban J connectivity index is 1.28. The number of thioether (sulfide) groups is 1. The van der Waals surface area contributed by atoms with Crippen molar-refractivity contribution in [2.75, 3.05) is 25.6 Å². The number of aryl methyl sites for hydroxylation is 3. The van der Waals surface area contributed by atoms with Crippen molar-refractivity contribution in [3.8, 4) is 17.2 Å². The Hall–Kier alpha value is -4.18. The molecule has 3 aromatic carbocycles. The fraction of sp³-hybridized carbons (Fsp3) is 0.677. The van der Waals surface area contributed by atoms with E-state index in [1.165, 1.54) is 6.42 Å². The van der Waals surface area contributed by atoms with Gasteiger partial charge in [-0.3, -0.25) is 14.4 Å². The number of hydrogen-bond donors (Lipinski definition) is 3. The smallest absolute Gasteiger partial charge is 0.310 e. The van der Waals surface area contributed by atoms with Crippen LogP contribution in [0.1, 0.15) is 223 Å². The van der Waals surface area contributed by atoms with Gasteiger partial charge in [0.05, 0.1) is 32.5 Å². The van der Waals surface area contributed by atoms with Gasteiger partial charge in [0, 0.05) is 22.8 Å². The van der Waals surface area contributed by atoms with Gasteiger partial charge in [0.15, 0.2) is 0 Å². The van der Waals surface area contributed by atoms with E-state index in [0.717, 1.165) is 153 Å². The molecule has 0 aromatic heterocycles. The Morgan fingerprint density at radius 2 is 0.840 bits per heavy atom. The van der Waals surface area contributed by atoms with Crippen LogP contribution in [0, 0.1) is 23.7 Å². The number of carbonyl (C=O) groups excluding carboxylic acids is 3. The lowest BCUT2D eigenvalue weighted by Gasteiger charge is -2.35. The van der Waals surface area contributed by atoms with Gasteiger partial charge in [-0.1, -0.05) is 159 Å². The van der Waals surface area contributed by atoms with Crippen LogP contribution in [-0.2, 0) is 83.4 Å².